The van der Waals surface area contributed by atoms with Gasteiger partial charge in [0.15, 0.2) is 12.4 Å². The number of ketones is 1. The van der Waals surface area contributed by atoms with E-state index >= 15 is 0 Å². The van der Waals surface area contributed by atoms with Gasteiger partial charge in [0.1, 0.15) is 10.7 Å². The van der Waals surface area contributed by atoms with E-state index in [1.54, 1.807) is 43.3 Å². The SMILES string of the molecule is CCOC(=O)COc1ccc(C(=O)CN2Cc3cc(C(N)=S)ccc3C2=O)cc1SCC. The van der Waals surface area contributed by atoms with E-state index in [4.69, 9.17) is 27.4 Å². The maximum atomic E-state index is 12.9. The molecule has 3 rings (SSSR count). The van der Waals surface area contributed by atoms with Crippen molar-refractivity contribution in [3.8, 4) is 5.75 Å². The minimum Gasteiger partial charge on any atom is -0.481 e. The maximum absolute atomic E-state index is 12.9. The summed E-state index contributed by atoms with van der Waals surface area (Å²) in [6, 6.07) is 10.2. The predicted octanol–water partition coefficient (Wildman–Crippen LogP) is 3.21. The highest BCUT2D eigenvalue weighted by Gasteiger charge is 2.29. The van der Waals surface area contributed by atoms with Crippen molar-refractivity contribution in [3.05, 3.63) is 58.7 Å². The molecule has 0 unspecified atom stereocenters. The largest absolute Gasteiger partial charge is 0.481 e. The number of thioether (sulfide) groups is 1. The van der Waals surface area contributed by atoms with Gasteiger partial charge in [-0.25, -0.2) is 4.79 Å². The van der Waals surface area contributed by atoms with Crippen LogP contribution in [0.5, 0.6) is 5.75 Å². The van der Waals surface area contributed by atoms with Gasteiger partial charge in [-0.15, -0.1) is 11.8 Å². The number of nitrogens with zero attached hydrogens (tertiary/aromatic N) is 1. The first-order valence-electron chi connectivity index (χ1n) is 10.1. The molecule has 168 valence electrons. The van der Waals surface area contributed by atoms with Crippen LogP contribution in [0, 0.1) is 0 Å². The highest BCUT2D eigenvalue weighted by Crippen LogP contribution is 2.31. The Hall–Kier alpha value is -2.91. The van der Waals surface area contributed by atoms with Crippen molar-refractivity contribution in [2.24, 2.45) is 5.73 Å². The normalized spacial score (nSPS) is 12.4. The summed E-state index contributed by atoms with van der Waals surface area (Å²) >= 11 is 6.51. The van der Waals surface area contributed by atoms with Crippen LogP contribution in [-0.4, -0.2) is 53.1 Å². The Labute approximate surface area is 196 Å². The lowest BCUT2D eigenvalue weighted by atomic mass is 10.1. The molecule has 1 heterocycles. The quantitative estimate of drug-likeness (QED) is 0.244. The third kappa shape index (κ3) is 5.46. The Morgan fingerprint density at radius 2 is 1.91 bits per heavy atom. The first-order chi connectivity index (χ1) is 15.3. The number of thiocarbonyl (C=S) groups is 1. The average Bonchev–Trinajstić information content (AvgIpc) is 3.07. The highest BCUT2D eigenvalue weighted by molar-refractivity contribution is 7.99. The van der Waals surface area contributed by atoms with Gasteiger partial charge in [0.2, 0.25) is 0 Å². The lowest BCUT2D eigenvalue weighted by Gasteiger charge is -2.16. The van der Waals surface area contributed by atoms with Crippen molar-refractivity contribution in [1.82, 2.24) is 4.90 Å². The molecule has 9 heteroatoms. The van der Waals surface area contributed by atoms with Crippen LogP contribution in [0.2, 0.25) is 0 Å². The van der Waals surface area contributed by atoms with Crippen molar-refractivity contribution in [3.63, 3.8) is 0 Å². The van der Waals surface area contributed by atoms with Crippen LogP contribution in [0.1, 0.15) is 45.7 Å². The molecular weight excluding hydrogens is 448 g/mol. The number of Topliss-reactive ketones (excluding diaryl/α,β-unsaturated/α-hetero) is 1. The second-order valence-electron chi connectivity index (χ2n) is 7.01. The molecule has 0 aromatic heterocycles. The molecule has 1 aliphatic heterocycles. The Kier molecular flexibility index (Phi) is 7.87. The smallest absolute Gasteiger partial charge is 0.344 e. The zero-order valence-corrected chi connectivity index (χ0v) is 19.5. The second kappa shape index (κ2) is 10.6. The summed E-state index contributed by atoms with van der Waals surface area (Å²) in [5, 5.41) is 0. The topological polar surface area (TPSA) is 98.9 Å². The molecule has 2 aromatic rings. The number of hydrogen-bond donors (Lipinski definition) is 1. The molecule has 0 aliphatic carbocycles. The summed E-state index contributed by atoms with van der Waals surface area (Å²) in [6.07, 6.45) is 0. The van der Waals surface area contributed by atoms with Crippen LogP contribution in [0.3, 0.4) is 0 Å². The molecule has 1 aliphatic rings. The van der Waals surface area contributed by atoms with E-state index in [0.717, 1.165) is 16.2 Å². The summed E-state index contributed by atoms with van der Waals surface area (Å²) in [5.41, 5.74) is 8.20. The molecule has 0 fully saturated rings. The first kappa shape index (κ1) is 23.7. The number of benzene rings is 2. The zero-order chi connectivity index (χ0) is 23.3. The summed E-state index contributed by atoms with van der Waals surface area (Å²) in [5.74, 6) is 0.441. The van der Waals surface area contributed by atoms with E-state index in [1.165, 1.54) is 16.7 Å². The Balaban J connectivity index is 1.72. The minimum absolute atomic E-state index is 0.0464. The van der Waals surface area contributed by atoms with Gasteiger partial charge in [-0.1, -0.05) is 25.2 Å². The molecular formula is C23H24N2O5S2. The Morgan fingerprint density at radius 3 is 2.59 bits per heavy atom. The van der Waals surface area contributed by atoms with E-state index in [9.17, 15) is 14.4 Å². The second-order valence-corrected chi connectivity index (χ2v) is 8.75. The van der Waals surface area contributed by atoms with E-state index in [2.05, 4.69) is 0 Å². The molecule has 0 spiro atoms. The van der Waals surface area contributed by atoms with Crippen LogP contribution >= 0.6 is 24.0 Å². The number of esters is 1. The maximum Gasteiger partial charge on any atom is 0.344 e. The molecule has 0 saturated heterocycles. The van der Waals surface area contributed by atoms with Gasteiger partial charge in [0, 0.05) is 23.2 Å². The molecule has 7 nitrogen and oxygen atoms in total. The molecule has 32 heavy (non-hydrogen) atoms. The molecule has 1 amide bonds. The van der Waals surface area contributed by atoms with E-state index < -0.39 is 5.97 Å². The number of fused-ring (bicyclic) bond motifs is 1. The Bertz CT molecular complexity index is 1070. The molecule has 0 radical (unpaired) electrons. The average molecular weight is 473 g/mol. The van der Waals surface area contributed by atoms with Crippen molar-refractivity contribution in [1.29, 1.82) is 0 Å². The van der Waals surface area contributed by atoms with Gasteiger partial charge in [-0.2, -0.15) is 0 Å². The molecule has 0 bridgehead atoms. The third-order valence-corrected chi connectivity index (χ3v) is 5.97. The van der Waals surface area contributed by atoms with Crippen molar-refractivity contribution < 1.29 is 23.9 Å². The van der Waals surface area contributed by atoms with Crippen LogP contribution in [0.4, 0.5) is 0 Å². The van der Waals surface area contributed by atoms with Gasteiger partial charge < -0.3 is 20.1 Å². The van der Waals surface area contributed by atoms with Crippen LogP contribution < -0.4 is 10.5 Å². The van der Waals surface area contributed by atoms with Crippen molar-refractivity contribution in [2.75, 3.05) is 25.5 Å². The molecule has 0 saturated carbocycles. The number of carbonyl (C=O) groups excluding carboxylic acids is 3. The molecule has 0 atom stereocenters. The lowest BCUT2D eigenvalue weighted by molar-refractivity contribution is -0.145. The molecule has 2 aromatic carbocycles. The van der Waals surface area contributed by atoms with E-state index in [0.29, 0.717) is 29.0 Å². The number of carbonyl (C=O) groups is 3. The lowest BCUT2D eigenvalue weighted by Crippen LogP contribution is -2.30. The Morgan fingerprint density at radius 1 is 1.16 bits per heavy atom. The monoisotopic (exact) mass is 472 g/mol. The highest BCUT2D eigenvalue weighted by atomic mass is 32.2. The fourth-order valence-corrected chi connectivity index (χ4v) is 4.25. The number of ether oxygens (including phenoxy) is 2. The van der Waals surface area contributed by atoms with Gasteiger partial charge in [0.25, 0.3) is 5.91 Å². The number of rotatable bonds is 10. The zero-order valence-electron chi connectivity index (χ0n) is 17.9. The van der Waals surface area contributed by atoms with E-state index in [1.807, 2.05) is 6.92 Å². The third-order valence-electron chi connectivity index (χ3n) is 4.82. The van der Waals surface area contributed by atoms with Gasteiger partial charge in [-0.3, -0.25) is 9.59 Å². The van der Waals surface area contributed by atoms with Gasteiger partial charge in [-0.05, 0) is 48.6 Å². The summed E-state index contributed by atoms with van der Waals surface area (Å²) < 4.78 is 10.5. The number of hydrogen-bond acceptors (Lipinski definition) is 7. The van der Waals surface area contributed by atoms with Gasteiger partial charge in [0.05, 0.1) is 18.0 Å². The summed E-state index contributed by atoms with van der Waals surface area (Å²) in [7, 11) is 0. The number of nitrogens with two attached hydrogens (primary N) is 1. The molecule has 2 N–H and O–H groups in total. The number of amides is 1. The first-order valence-corrected chi connectivity index (χ1v) is 11.5. The fraction of sp³-hybridized carbons (Fsp3) is 0.304. The van der Waals surface area contributed by atoms with Gasteiger partial charge >= 0.3 is 5.97 Å². The summed E-state index contributed by atoms with van der Waals surface area (Å²) in [4.78, 5) is 39.7. The summed E-state index contributed by atoms with van der Waals surface area (Å²) in [6.45, 7) is 4.07. The van der Waals surface area contributed by atoms with Crippen LogP contribution in [0.15, 0.2) is 41.3 Å². The van der Waals surface area contributed by atoms with Crippen LogP contribution in [-0.2, 0) is 16.1 Å². The van der Waals surface area contributed by atoms with Crippen LogP contribution in [0.25, 0.3) is 0 Å². The van der Waals surface area contributed by atoms with E-state index in [-0.39, 0.29) is 36.4 Å². The fourth-order valence-electron chi connectivity index (χ4n) is 3.33. The standard InChI is InChI=1S/C23H24N2O5S2/c1-3-29-21(27)13-30-19-8-6-14(10-20(19)32-4-2)18(26)12-25-11-16-9-15(22(24)31)5-7-17(16)23(25)28/h5-10H,3-4,11-13H2,1-2H3,(H2,24,31). The van der Waals surface area contributed by atoms with Crippen molar-refractivity contribution >= 4 is 46.6 Å². The van der Waals surface area contributed by atoms with Crippen molar-refractivity contribution in [2.45, 2.75) is 25.3 Å². The predicted molar refractivity (Wildman–Crippen MR) is 126 cm³/mol. The minimum atomic E-state index is -0.453.